The Balaban J connectivity index is 0.824. The van der Waals surface area contributed by atoms with Crippen molar-refractivity contribution in [1.29, 1.82) is 0 Å². The van der Waals surface area contributed by atoms with E-state index in [0.29, 0.717) is 41.9 Å². The van der Waals surface area contributed by atoms with Crippen LogP contribution in [-0.4, -0.2) is 110 Å². The van der Waals surface area contributed by atoms with Crippen molar-refractivity contribution in [2.45, 2.75) is 76.1 Å². The number of carbonyl (C=O) groups is 4. The van der Waals surface area contributed by atoms with Gasteiger partial charge in [-0.3, -0.25) is 14.4 Å². The summed E-state index contributed by atoms with van der Waals surface area (Å²) in [7, 11) is 5.75. The number of nitrogens with zero attached hydrogens (tertiary/aromatic N) is 3. The van der Waals surface area contributed by atoms with Crippen LogP contribution in [0.1, 0.15) is 110 Å². The van der Waals surface area contributed by atoms with E-state index in [-0.39, 0.29) is 62.8 Å². The smallest absolute Gasteiger partial charge is 0.340 e. The molecule has 0 bridgehead atoms. The van der Waals surface area contributed by atoms with Crippen LogP contribution in [0.5, 0.6) is 0 Å². The minimum Gasteiger partial charge on any atom is -0.441 e. The van der Waals surface area contributed by atoms with Crippen molar-refractivity contribution in [2.75, 3.05) is 77.5 Å². The van der Waals surface area contributed by atoms with E-state index in [9.17, 15) is 23.6 Å². The number of ether oxygens (including phenoxy) is 3. The molecule has 2 aliphatic heterocycles. The average Bonchev–Trinajstić information content (AvgIpc) is 4.16. The largest absolute Gasteiger partial charge is 0.441 e. The fraction of sp³-hybridized carbons (Fsp3) is 0.400. The Kier molecular flexibility index (Phi) is 14.6. The Morgan fingerprint density at radius 3 is 1.93 bits per heavy atom. The molecular weight excluding hydrogens is 904 g/mol. The van der Waals surface area contributed by atoms with Gasteiger partial charge in [-0.15, -0.1) is 0 Å². The predicted octanol–water partition coefficient (Wildman–Crippen LogP) is 6.29. The van der Waals surface area contributed by atoms with Crippen molar-refractivity contribution in [3.05, 3.63) is 147 Å². The number of carbonyl (C=O) groups excluding carboxylic acids is 4. The molecule has 1 spiro atoms. The number of esters is 1. The van der Waals surface area contributed by atoms with Gasteiger partial charge in [0.05, 0.1) is 32.0 Å². The van der Waals surface area contributed by atoms with E-state index in [0.717, 1.165) is 52.2 Å². The number of pyridine rings is 1. The average molecular weight is 969 g/mol. The molecule has 0 radical (unpaired) electrons. The number of halogens is 1. The topological polar surface area (TPSA) is 151 Å². The zero-order chi connectivity index (χ0) is 50.0. The molecule has 4 aromatic carbocycles. The normalized spacial score (nSPS) is 15.1. The van der Waals surface area contributed by atoms with Crippen LogP contribution in [0.25, 0.3) is 0 Å². The summed E-state index contributed by atoms with van der Waals surface area (Å²) in [4.78, 5) is 63.6. The van der Waals surface area contributed by atoms with Gasteiger partial charge in [-0.25, -0.2) is 14.2 Å². The summed E-state index contributed by atoms with van der Waals surface area (Å²) in [5.41, 5.74) is 6.13. The van der Waals surface area contributed by atoms with E-state index in [4.69, 9.17) is 19.2 Å². The molecule has 0 atom stereocenters. The number of amides is 3. The minimum atomic E-state index is -2.32. The fourth-order valence-corrected chi connectivity index (χ4v) is 13.0. The van der Waals surface area contributed by atoms with E-state index in [1.165, 1.54) is 22.5 Å². The highest BCUT2D eigenvalue weighted by Crippen LogP contribution is 2.50. The number of hydrogen-bond acceptors (Lipinski definition) is 10. The lowest BCUT2D eigenvalue weighted by Crippen LogP contribution is -2.63. The van der Waals surface area contributed by atoms with Gasteiger partial charge in [-0.2, -0.15) is 0 Å². The van der Waals surface area contributed by atoms with Crippen molar-refractivity contribution >= 4 is 53.5 Å². The summed E-state index contributed by atoms with van der Waals surface area (Å²) in [6.45, 7) is 9.89. The van der Waals surface area contributed by atoms with Crippen molar-refractivity contribution in [2.24, 2.45) is 0 Å². The van der Waals surface area contributed by atoms with Gasteiger partial charge in [-0.1, -0.05) is 57.3 Å². The number of rotatable bonds is 20. The van der Waals surface area contributed by atoms with Crippen LogP contribution >= 0.6 is 0 Å². The zero-order valence-electron chi connectivity index (χ0n) is 41.6. The molecule has 0 unspecified atom stereocenters. The lowest BCUT2D eigenvalue weighted by molar-refractivity contribution is -0.128. The molecule has 1 aromatic heterocycles. The molecule has 13 nitrogen and oxygen atoms in total. The Morgan fingerprint density at radius 2 is 1.36 bits per heavy atom. The summed E-state index contributed by atoms with van der Waals surface area (Å²) < 4.78 is 31.6. The third-order valence-corrected chi connectivity index (χ3v) is 17.8. The maximum atomic E-state index is 13.8. The molecule has 3 amide bonds. The zero-order valence-corrected chi connectivity index (χ0v) is 42.6. The molecule has 1 saturated carbocycles. The first-order valence-corrected chi connectivity index (χ1v) is 27.3. The maximum absolute atomic E-state index is 13.8. The molecule has 0 saturated heterocycles. The standard InChI is InChI=1S/C55H65FN6O7Si/c1-9-54(10-2,60-51(64)46-24-21-41(36-13-14-36)47(59-46)31-35-11-16-38(56)17-12-35)53(66)58-26-28-68-30-29-67-27-25-57-50(63)37-15-20-42-45(32-37)55(69-52(42)65)43-22-18-39(61(3)4)33-48(43)70(7,8)49-34-40(62(5)6)19-23-44(49)55/h11-12,15-24,32-34,36H,9-10,13-14,25-31H2,1-8H3,(H,57,63)(H,58,66)(H,60,64). The van der Waals surface area contributed by atoms with E-state index in [1.54, 1.807) is 36.4 Å². The van der Waals surface area contributed by atoms with Crippen LogP contribution < -0.4 is 36.1 Å². The van der Waals surface area contributed by atoms with Gasteiger partial charge in [0.15, 0.2) is 5.60 Å². The van der Waals surface area contributed by atoms with Gasteiger partial charge in [0, 0.05) is 87.0 Å². The molecule has 3 heterocycles. The molecule has 368 valence electrons. The van der Waals surface area contributed by atoms with Gasteiger partial charge in [-0.05, 0) is 114 Å². The van der Waals surface area contributed by atoms with Gasteiger partial charge >= 0.3 is 5.97 Å². The first kappa shape index (κ1) is 50.0. The Bertz CT molecular complexity index is 2730. The molecule has 5 aromatic rings. The second kappa shape index (κ2) is 20.5. The van der Waals surface area contributed by atoms with Crippen molar-refractivity contribution in [3.63, 3.8) is 0 Å². The highest BCUT2D eigenvalue weighted by molar-refractivity contribution is 7.01. The quantitative estimate of drug-likeness (QED) is 0.0462. The molecule has 8 rings (SSSR count). The maximum Gasteiger partial charge on any atom is 0.340 e. The molecule has 1 fully saturated rings. The van der Waals surface area contributed by atoms with Crippen LogP contribution in [0.3, 0.4) is 0 Å². The van der Waals surface area contributed by atoms with Crippen LogP contribution in [0.2, 0.25) is 13.1 Å². The number of fused-ring (bicyclic) bond motifs is 6. The lowest BCUT2D eigenvalue weighted by atomic mass is 9.78. The first-order chi connectivity index (χ1) is 33.5. The van der Waals surface area contributed by atoms with E-state index in [2.05, 4.69) is 75.2 Å². The Morgan fingerprint density at radius 1 is 0.757 bits per heavy atom. The minimum absolute atomic E-state index is 0.229. The lowest BCUT2D eigenvalue weighted by Gasteiger charge is -2.44. The van der Waals surface area contributed by atoms with Crippen molar-refractivity contribution < 1.29 is 37.8 Å². The fourth-order valence-electron chi connectivity index (χ4n) is 9.86. The summed E-state index contributed by atoms with van der Waals surface area (Å²) in [5.74, 6) is -1.37. The van der Waals surface area contributed by atoms with Crippen molar-refractivity contribution in [1.82, 2.24) is 20.9 Å². The van der Waals surface area contributed by atoms with E-state index >= 15 is 0 Å². The highest BCUT2D eigenvalue weighted by atomic mass is 28.3. The molecule has 15 heteroatoms. The highest BCUT2D eigenvalue weighted by Gasteiger charge is 2.56. The van der Waals surface area contributed by atoms with Gasteiger partial charge < -0.3 is 40.0 Å². The first-order valence-electron chi connectivity index (χ1n) is 24.3. The van der Waals surface area contributed by atoms with E-state index in [1.807, 2.05) is 48.1 Å². The number of benzene rings is 4. The number of aromatic nitrogens is 1. The SMILES string of the molecule is CCC(CC)(NC(=O)c1ccc(C2CC2)c(Cc2ccc(F)cc2)n1)C(=O)NCCOCCOCCNC(=O)c1ccc2c(c1)C1(OC2=O)c2ccc(N(C)C)cc2[Si](C)(C)c2cc(N(C)C)ccc21. The molecule has 3 aliphatic rings. The van der Waals surface area contributed by atoms with Gasteiger partial charge in [0.25, 0.3) is 11.8 Å². The second-order valence-corrected chi connectivity index (χ2v) is 23.8. The van der Waals surface area contributed by atoms with Crippen LogP contribution in [0, 0.1) is 5.82 Å². The summed E-state index contributed by atoms with van der Waals surface area (Å²) in [6.07, 6.45) is 3.35. The molecule has 3 N–H and O–H groups in total. The van der Waals surface area contributed by atoms with Gasteiger partial charge in [0.1, 0.15) is 25.1 Å². The molecule has 70 heavy (non-hydrogen) atoms. The second-order valence-electron chi connectivity index (χ2n) is 19.5. The summed E-state index contributed by atoms with van der Waals surface area (Å²) in [5, 5.41) is 11.2. The summed E-state index contributed by atoms with van der Waals surface area (Å²) in [6, 6.07) is 27.9. The van der Waals surface area contributed by atoms with Gasteiger partial charge in [0.2, 0.25) is 5.91 Å². The molecular formula is C55H65FN6O7Si. The predicted molar refractivity (Wildman–Crippen MR) is 273 cm³/mol. The number of nitrogens with one attached hydrogen (secondary N) is 3. The van der Waals surface area contributed by atoms with Crippen LogP contribution in [0.15, 0.2) is 91.0 Å². The monoisotopic (exact) mass is 968 g/mol. The van der Waals surface area contributed by atoms with Crippen molar-refractivity contribution in [3.8, 4) is 0 Å². The third kappa shape index (κ3) is 9.83. The van der Waals surface area contributed by atoms with Crippen LogP contribution in [0.4, 0.5) is 15.8 Å². The Labute approximate surface area is 411 Å². The van der Waals surface area contributed by atoms with Crippen LogP contribution in [-0.2, 0) is 31.0 Å². The van der Waals surface area contributed by atoms with E-state index < -0.39 is 31.1 Å². The Hall–Kier alpha value is -6.42. The summed E-state index contributed by atoms with van der Waals surface area (Å²) >= 11 is 0. The number of anilines is 2. The third-order valence-electron chi connectivity index (χ3n) is 14.2. The number of hydrogen-bond donors (Lipinski definition) is 3. The molecule has 1 aliphatic carbocycles.